The quantitative estimate of drug-likeness (QED) is 0.759. The van der Waals surface area contributed by atoms with Crippen LogP contribution in [0.1, 0.15) is 45.2 Å². The third-order valence-electron chi connectivity index (χ3n) is 3.11. The van der Waals surface area contributed by atoms with Crippen LogP contribution in [0.4, 0.5) is 4.79 Å². The van der Waals surface area contributed by atoms with Gasteiger partial charge >= 0.3 is 6.09 Å². The Kier molecular flexibility index (Phi) is 4.19. The lowest BCUT2D eigenvalue weighted by Gasteiger charge is -2.28. The second-order valence-corrected chi connectivity index (χ2v) is 6.80. The maximum atomic E-state index is 12.2. The van der Waals surface area contributed by atoms with E-state index in [9.17, 15) is 4.79 Å². The molecule has 1 atom stereocenters. The molecule has 1 aromatic rings. The summed E-state index contributed by atoms with van der Waals surface area (Å²) in [6.45, 7) is 6.46. The number of nitrogens with zero attached hydrogens (tertiary/aromatic N) is 1. The Morgan fingerprint density at radius 3 is 2.79 bits per heavy atom. The largest absolute Gasteiger partial charge is 0.444 e. The molecule has 0 N–H and O–H groups in total. The normalized spacial score (nSPS) is 19.6. The summed E-state index contributed by atoms with van der Waals surface area (Å²) >= 11 is 3.48. The van der Waals surface area contributed by atoms with Gasteiger partial charge in [0.05, 0.1) is 6.04 Å². The van der Waals surface area contributed by atoms with E-state index in [1.807, 2.05) is 37.8 Å². The molecule has 0 unspecified atom stereocenters. The number of carbonyl (C=O) groups excluding carboxylic acids is 1. The minimum absolute atomic E-state index is 0.132. The van der Waals surface area contributed by atoms with Crippen molar-refractivity contribution in [1.29, 1.82) is 0 Å². The van der Waals surface area contributed by atoms with E-state index in [0.717, 1.165) is 29.4 Å². The molecule has 0 bridgehead atoms. The first-order valence-electron chi connectivity index (χ1n) is 6.62. The molecule has 1 aliphatic rings. The zero-order valence-electron chi connectivity index (χ0n) is 11.6. The van der Waals surface area contributed by atoms with Gasteiger partial charge in [-0.1, -0.05) is 28.1 Å². The van der Waals surface area contributed by atoms with Crippen LogP contribution in [0.15, 0.2) is 28.7 Å². The Labute approximate surface area is 123 Å². The maximum Gasteiger partial charge on any atom is 0.410 e. The summed E-state index contributed by atoms with van der Waals surface area (Å²) in [5.41, 5.74) is 0.722. The van der Waals surface area contributed by atoms with E-state index in [1.165, 1.54) is 0 Å². The zero-order valence-corrected chi connectivity index (χ0v) is 13.2. The molecule has 1 aromatic carbocycles. The van der Waals surface area contributed by atoms with Gasteiger partial charge in [0, 0.05) is 11.0 Å². The van der Waals surface area contributed by atoms with Crippen molar-refractivity contribution in [1.82, 2.24) is 4.90 Å². The number of hydrogen-bond donors (Lipinski definition) is 0. The standard InChI is InChI=1S/C15H20BrNO2/c1-15(2,3)19-14(18)17-9-5-8-13(17)11-6-4-7-12(16)10-11/h4,6-7,10,13H,5,8-9H2,1-3H3/t13-/m0/s1. The molecular weight excluding hydrogens is 306 g/mol. The second kappa shape index (κ2) is 5.53. The SMILES string of the molecule is CC(C)(C)OC(=O)N1CCC[C@H]1c1cccc(Br)c1. The van der Waals surface area contributed by atoms with Crippen molar-refractivity contribution in [2.45, 2.75) is 45.3 Å². The van der Waals surface area contributed by atoms with Crippen LogP contribution in [-0.2, 0) is 4.74 Å². The Morgan fingerprint density at radius 2 is 2.16 bits per heavy atom. The summed E-state index contributed by atoms with van der Waals surface area (Å²) in [7, 11) is 0. The Bertz CT molecular complexity index is 467. The number of halogens is 1. The lowest BCUT2D eigenvalue weighted by molar-refractivity contribution is 0.0224. The highest BCUT2D eigenvalue weighted by Crippen LogP contribution is 2.34. The molecule has 0 aliphatic carbocycles. The summed E-state index contributed by atoms with van der Waals surface area (Å²) in [4.78, 5) is 14.1. The average Bonchev–Trinajstić information content (AvgIpc) is 2.75. The fraction of sp³-hybridized carbons (Fsp3) is 0.533. The summed E-state index contributed by atoms with van der Waals surface area (Å²) in [6, 6.07) is 8.28. The van der Waals surface area contributed by atoms with E-state index >= 15 is 0 Å². The van der Waals surface area contributed by atoms with Crippen molar-refractivity contribution in [3.63, 3.8) is 0 Å². The number of carbonyl (C=O) groups is 1. The van der Waals surface area contributed by atoms with Gasteiger partial charge in [-0.2, -0.15) is 0 Å². The molecule has 4 heteroatoms. The minimum atomic E-state index is -0.443. The van der Waals surface area contributed by atoms with Gasteiger partial charge in [0.2, 0.25) is 0 Å². The minimum Gasteiger partial charge on any atom is -0.444 e. The fourth-order valence-electron chi connectivity index (χ4n) is 2.37. The van der Waals surface area contributed by atoms with Gasteiger partial charge in [-0.05, 0) is 51.3 Å². The first kappa shape index (κ1) is 14.4. The second-order valence-electron chi connectivity index (χ2n) is 5.89. The Balaban J connectivity index is 2.15. The van der Waals surface area contributed by atoms with E-state index in [-0.39, 0.29) is 12.1 Å². The Morgan fingerprint density at radius 1 is 1.42 bits per heavy atom. The maximum absolute atomic E-state index is 12.2. The van der Waals surface area contributed by atoms with Crippen LogP contribution in [0, 0.1) is 0 Å². The van der Waals surface area contributed by atoms with Crippen LogP contribution in [0.25, 0.3) is 0 Å². The molecule has 1 fully saturated rings. The molecule has 104 valence electrons. The van der Waals surface area contributed by atoms with Crippen LogP contribution >= 0.6 is 15.9 Å². The van der Waals surface area contributed by atoms with Crippen molar-refractivity contribution in [3.05, 3.63) is 34.3 Å². The number of likely N-dealkylation sites (tertiary alicyclic amines) is 1. The number of rotatable bonds is 1. The van der Waals surface area contributed by atoms with Crippen molar-refractivity contribution in [3.8, 4) is 0 Å². The highest BCUT2D eigenvalue weighted by atomic mass is 79.9. The van der Waals surface area contributed by atoms with Crippen molar-refractivity contribution >= 4 is 22.0 Å². The molecule has 1 saturated heterocycles. The molecule has 19 heavy (non-hydrogen) atoms. The summed E-state index contributed by atoms with van der Waals surface area (Å²) in [6.07, 6.45) is 1.81. The number of ether oxygens (including phenoxy) is 1. The monoisotopic (exact) mass is 325 g/mol. The van der Waals surface area contributed by atoms with Crippen LogP contribution in [0.2, 0.25) is 0 Å². The van der Waals surface area contributed by atoms with Crippen LogP contribution in [0.5, 0.6) is 0 Å². The predicted molar refractivity (Wildman–Crippen MR) is 79.1 cm³/mol. The Hall–Kier alpha value is -1.03. The lowest BCUT2D eigenvalue weighted by Crippen LogP contribution is -2.36. The van der Waals surface area contributed by atoms with Gasteiger partial charge in [0.1, 0.15) is 5.60 Å². The van der Waals surface area contributed by atoms with Crippen LogP contribution < -0.4 is 0 Å². The van der Waals surface area contributed by atoms with E-state index in [2.05, 4.69) is 28.1 Å². The van der Waals surface area contributed by atoms with Crippen molar-refractivity contribution in [2.24, 2.45) is 0 Å². The van der Waals surface area contributed by atoms with Crippen molar-refractivity contribution < 1.29 is 9.53 Å². The van der Waals surface area contributed by atoms with Crippen LogP contribution in [0.3, 0.4) is 0 Å². The predicted octanol–water partition coefficient (Wildman–Crippen LogP) is 4.52. The molecule has 1 amide bonds. The smallest absolute Gasteiger partial charge is 0.410 e. The zero-order chi connectivity index (χ0) is 14.0. The summed E-state index contributed by atoms with van der Waals surface area (Å²) in [5, 5.41) is 0. The highest BCUT2D eigenvalue weighted by Gasteiger charge is 2.33. The van der Waals surface area contributed by atoms with E-state index in [0.29, 0.717) is 0 Å². The third-order valence-corrected chi connectivity index (χ3v) is 3.61. The molecular formula is C15H20BrNO2. The molecule has 1 aliphatic heterocycles. The molecule has 3 nitrogen and oxygen atoms in total. The third kappa shape index (κ3) is 3.72. The molecule has 1 heterocycles. The number of benzene rings is 1. The van der Waals surface area contributed by atoms with Gasteiger partial charge in [-0.25, -0.2) is 4.79 Å². The van der Waals surface area contributed by atoms with E-state index in [1.54, 1.807) is 0 Å². The lowest BCUT2D eigenvalue weighted by atomic mass is 10.1. The van der Waals surface area contributed by atoms with Gasteiger partial charge in [0.25, 0.3) is 0 Å². The molecule has 0 saturated carbocycles. The highest BCUT2D eigenvalue weighted by molar-refractivity contribution is 9.10. The van der Waals surface area contributed by atoms with E-state index < -0.39 is 5.60 Å². The van der Waals surface area contributed by atoms with Gasteiger partial charge in [-0.3, -0.25) is 0 Å². The molecule has 0 spiro atoms. The van der Waals surface area contributed by atoms with Gasteiger partial charge in [-0.15, -0.1) is 0 Å². The molecule has 0 aromatic heterocycles. The fourth-order valence-corrected chi connectivity index (χ4v) is 2.78. The number of amides is 1. The molecule has 2 rings (SSSR count). The summed E-state index contributed by atoms with van der Waals surface area (Å²) < 4.78 is 6.52. The first-order chi connectivity index (χ1) is 8.87. The van der Waals surface area contributed by atoms with E-state index in [4.69, 9.17) is 4.74 Å². The van der Waals surface area contributed by atoms with Gasteiger partial charge < -0.3 is 9.64 Å². The van der Waals surface area contributed by atoms with Crippen molar-refractivity contribution in [2.75, 3.05) is 6.54 Å². The van der Waals surface area contributed by atoms with Gasteiger partial charge in [0.15, 0.2) is 0 Å². The summed E-state index contributed by atoms with van der Waals surface area (Å²) in [5.74, 6) is 0. The average molecular weight is 326 g/mol. The van der Waals surface area contributed by atoms with Crippen LogP contribution in [-0.4, -0.2) is 23.1 Å². The topological polar surface area (TPSA) is 29.5 Å². The number of hydrogen-bond acceptors (Lipinski definition) is 2. The first-order valence-corrected chi connectivity index (χ1v) is 7.41. The molecule has 0 radical (unpaired) electrons.